The number of hydrogen-bond donors (Lipinski definition) is 0. The molecular formula is C21H24FNO2. The Hall–Kier alpha value is -1.97. The molecule has 132 valence electrons. The fourth-order valence-electron chi connectivity index (χ4n) is 5.74. The molecule has 0 aromatic heterocycles. The number of likely N-dealkylation sites (tertiary alicyclic amines) is 1. The van der Waals surface area contributed by atoms with Crippen LogP contribution >= 0.6 is 0 Å². The van der Waals surface area contributed by atoms with E-state index in [0.29, 0.717) is 12.0 Å². The van der Waals surface area contributed by atoms with Crippen molar-refractivity contribution in [3.8, 4) is 0 Å². The molecule has 2 bridgehead atoms. The van der Waals surface area contributed by atoms with Crippen LogP contribution in [-0.2, 0) is 16.0 Å². The molecule has 0 radical (unpaired) electrons. The minimum Gasteiger partial charge on any atom is -0.282 e. The van der Waals surface area contributed by atoms with Gasteiger partial charge in [-0.1, -0.05) is 43.2 Å². The maximum atomic E-state index is 13.9. The molecule has 25 heavy (non-hydrogen) atoms. The highest BCUT2D eigenvalue weighted by molar-refractivity contribution is 6.07. The van der Waals surface area contributed by atoms with Crippen molar-refractivity contribution in [2.45, 2.75) is 40.5 Å². The number of benzene rings is 1. The Morgan fingerprint density at radius 1 is 1.04 bits per heavy atom. The minimum absolute atomic E-state index is 0.0654. The quantitative estimate of drug-likeness (QED) is 0.620. The first-order chi connectivity index (χ1) is 11.7. The van der Waals surface area contributed by atoms with Gasteiger partial charge in [0.2, 0.25) is 11.8 Å². The summed E-state index contributed by atoms with van der Waals surface area (Å²) in [5.41, 5.74) is 2.65. The van der Waals surface area contributed by atoms with Crippen molar-refractivity contribution in [2.75, 3.05) is 6.54 Å². The van der Waals surface area contributed by atoms with Gasteiger partial charge in [-0.25, -0.2) is 4.39 Å². The van der Waals surface area contributed by atoms with Gasteiger partial charge in [0.05, 0.1) is 11.8 Å². The number of allylic oxidation sites excluding steroid dienone is 2. The van der Waals surface area contributed by atoms with Gasteiger partial charge in [0, 0.05) is 17.4 Å². The zero-order valence-electron chi connectivity index (χ0n) is 15.2. The predicted molar refractivity (Wildman–Crippen MR) is 93.0 cm³/mol. The van der Waals surface area contributed by atoms with Gasteiger partial charge in [-0.15, -0.1) is 0 Å². The molecule has 0 spiro atoms. The first-order valence-corrected chi connectivity index (χ1v) is 8.99. The van der Waals surface area contributed by atoms with Gasteiger partial charge in [0.15, 0.2) is 0 Å². The van der Waals surface area contributed by atoms with E-state index in [4.69, 9.17) is 0 Å². The second kappa shape index (κ2) is 5.03. The number of hydrogen-bond acceptors (Lipinski definition) is 2. The van der Waals surface area contributed by atoms with Gasteiger partial charge in [0.25, 0.3) is 0 Å². The molecule has 4 unspecified atom stereocenters. The fourth-order valence-corrected chi connectivity index (χ4v) is 5.74. The molecular weight excluding hydrogens is 317 g/mol. The van der Waals surface area contributed by atoms with E-state index in [0.717, 1.165) is 6.42 Å². The van der Waals surface area contributed by atoms with Crippen LogP contribution in [0.2, 0.25) is 0 Å². The number of rotatable bonds is 3. The number of halogens is 1. The lowest BCUT2D eigenvalue weighted by Gasteiger charge is -2.34. The van der Waals surface area contributed by atoms with Crippen molar-refractivity contribution in [1.82, 2.24) is 4.90 Å². The number of nitrogens with zero attached hydrogens (tertiary/aromatic N) is 1. The van der Waals surface area contributed by atoms with Crippen molar-refractivity contribution >= 4 is 11.8 Å². The van der Waals surface area contributed by atoms with Crippen LogP contribution in [0.4, 0.5) is 4.39 Å². The van der Waals surface area contributed by atoms with Gasteiger partial charge in [-0.2, -0.15) is 0 Å². The van der Waals surface area contributed by atoms with Crippen molar-refractivity contribution in [2.24, 2.45) is 22.7 Å². The normalized spacial score (nSPS) is 36.6. The van der Waals surface area contributed by atoms with Crippen molar-refractivity contribution in [3.63, 3.8) is 0 Å². The first kappa shape index (κ1) is 16.5. The second-order valence-corrected chi connectivity index (χ2v) is 8.39. The minimum atomic E-state index is -0.283. The maximum absolute atomic E-state index is 13.9. The van der Waals surface area contributed by atoms with Crippen LogP contribution in [0.1, 0.15) is 39.7 Å². The van der Waals surface area contributed by atoms with Crippen LogP contribution < -0.4 is 0 Å². The highest BCUT2D eigenvalue weighted by Gasteiger charge is 2.71. The summed E-state index contributed by atoms with van der Waals surface area (Å²) >= 11 is 0. The summed E-state index contributed by atoms with van der Waals surface area (Å²) in [6.45, 7) is 8.74. The van der Waals surface area contributed by atoms with E-state index in [1.165, 1.54) is 22.1 Å². The summed E-state index contributed by atoms with van der Waals surface area (Å²) in [5, 5.41) is 0. The number of carbonyl (C=O) groups excluding carboxylic acids is 2. The molecule has 0 N–H and O–H groups in total. The van der Waals surface area contributed by atoms with Crippen LogP contribution in [0.15, 0.2) is 35.4 Å². The Kier molecular flexibility index (Phi) is 3.32. The van der Waals surface area contributed by atoms with Crippen LogP contribution in [0, 0.1) is 28.5 Å². The van der Waals surface area contributed by atoms with Crippen LogP contribution in [-0.4, -0.2) is 23.3 Å². The second-order valence-electron chi connectivity index (χ2n) is 8.39. The van der Waals surface area contributed by atoms with Crippen molar-refractivity contribution in [3.05, 3.63) is 46.8 Å². The topological polar surface area (TPSA) is 37.4 Å². The average molecular weight is 341 g/mol. The average Bonchev–Trinajstić information content (AvgIpc) is 3.04. The molecule has 4 atom stereocenters. The van der Waals surface area contributed by atoms with Crippen molar-refractivity contribution in [1.29, 1.82) is 0 Å². The van der Waals surface area contributed by atoms with Crippen LogP contribution in [0.25, 0.3) is 0 Å². The first-order valence-electron chi connectivity index (χ1n) is 8.99. The molecule has 3 aliphatic rings. The number of imide groups is 1. The smallest absolute Gasteiger partial charge is 0.234 e. The number of carbonyl (C=O) groups is 2. The monoisotopic (exact) mass is 341 g/mol. The van der Waals surface area contributed by atoms with Gasteiger partial charge in [-0.3, -0.25) is 14.5 Å². The lowest BCUT2D eigenvalue weighted by atomic mass is 9.66. The summed E-state index contributed by atoms with van der Waals surface area (Å²) in [5.74, 6) is -0.924. The summed E-state index contributed by atoms with van der Waals surface area (Å²) in [4.78, 5) is 27.6. The predicted octanol–water partition coefficient (Wildman–Crippen LogP) is 3.74. The third-order valence-electron chi connectivity index (χ3n) is 7.34. The largest absolute Gasteiger partial charge is 0.282 e. The summed E-state index contributed by atoms with van der Waals surface area (Å²) in [7, 11) is 0. The van der Waals surface area contributed by atoms with Crippen LogP contribution in [0.3, 0.4) is 0 Å². The Balaban J connectivity index is 1.63. The van der Waals surface area contributed by atoms with E-state index in [-0.39, 0.29) is 46.8 Å². The lowest BCUT2D eigenvalue weighted by Crippen LogP contribution is -2.37. The Bertz CT molecular complexity index is 787. The molecule has 3 nitrogen and oxygen atoms in total. The van der Waals surface area contributed by atoms with E-state index in [1.54, 1.807) is 18.2 Å². The van der Waals surface area contributed by atoms with Crippen molar-refractivity contribution < 1.29 is 14.0 Å². The highest BCUT2D eigenvalue weighted by atomic mass is 19.1. The molecule has 4 rings (SSSR count). The molecule has 4 heteroatoms. The standard InChI is InChI=1S/C21H24FNO2/c1-12-13(2)21(4)11-20(12,3)16-17(21)19(25)23(18(16)24)10-9-14-7-5-6-8-15(14)22/h5-8,16-17H,9-11H2,1-4H3. The molecule has 1 saturated heterocycles. The van der Waals surface area contributed by atoms with Gasteiger partial charge >= 0.3 is 0 Å². The Labute approximate surface area is 147 Å². The number of amides is 2. The maximum Gasteiger partial charge on any atom is 0.234 e. The fraction of sp³-hybridized carbons (Fsp3) is 0.524. The SMILES string of the molecule is CC1=C(C)C2(C)CC1(C)C1C(=O)N(CCc3ccccc3F)C(=O)C12. The molecule has 2 fully saturated rings. The third kappa shape index (κ3) is 1.91. The van der Waals surface area contributed by atoms with Gasteiger partial charge in [0.1, 0.15) is 5.82 Å². The van der Waals surface area contributed by atoms with E-state index < -0.39 is 0 Å². The van der Waals surface area contributed by atoms with E-state index >= 15 is 0 Å². The molecule has 2 aliphatic carbocycles. The lowest BCUT2D eigenvalue weighted by molar-refractivity contribution is -0.141. The molecule has 2 amide bonds. The Morgan fingerprint density at radius 3 is 2.08 bits per heavy atom. The molecule has 1 aliphatic heterocycles. The summed E-state index contributed by atoms with van der Waals surface area (Å²) in [6.07, 6.45) is 1.24. The molecule has 1 aromatic carbocycles. The van der Waals surface area contributed by atoms with E-state index in [1.807, 2.05) is 0 Å². The molecule has 1 heterocycles. The zero-order valence-corrected chi connectivity index (χ0v) is 15.2. The summed E-state index contributed by atoms with van der Waals surface area (Å²) in [6, 6.07) is 6.55. The molecule has 1 saturated carbocycles. The van der Waals surface area contributed by atoms with Gasteiger partial charge in [-0.05, 0) is 38.3 Å². The van der Waals surface area contributed by atoms with Gasteiger partial charge < -0.3 is 0 Å². The zero-order chi connectivity index (χ0) is 18.1. The third-order valence-corrected chi connectivity index (χ3v) is 7.34. The molecule has 1 aromatic rings. The van der Waals surface area contributed by atoms with E-state index in [2.05, 4.69) is 27.7 Å². The summed E-state index contributed by atoms with van der Waals surface area (Å²) < 4.78 is 13.9. The number of fused-ring (bicyclic) bond motifs is 5. The van der Waals surface area contributed by atoms with Crippen LogP contribution in [0.5, 0.6) is 0 Å². The van der Waals surface area contributed by atoms with E-state index in [9.17, 15) is 14.0 Å². The Morgan fingerprint density at radius 2 is 1.56 bits per heavy atom. The highest BCUT2D eigenvalue weighted by Crippen LogP contribution is 2.71.